The van der Waals surface area contributed by atoms with Crippen LogP contribution in [-0.4, -0.2) is 65.1 Å². The van der Waals surface area contributed by atoms with Gasteiger partial charge in [0.15, 0.2) is 0 Å². The zero-order chi connectivity index (χ0) is 16.7. The Balaban J connectivity index is 1.77. The lowest BCUT2D eigenvalue weighted by Gasteiger charge is -2.43. The van der Waals surface area contributed by atoms with Gasteiger partial charge in [0.05, 0.1) is 19.8 Å². The van der Waals surface area contributed by atoms with Crippen LogP contribution in [-0.2, 0) is 11.3 Å². The number of hydrogen-bond donors (Lipinski definition) is 2. The summed E-state index contributed by atoms with van der Waals surface area (Å²) < 4.78 is 7.23. The van der Waals surface area contributed by atoms with Crippen LogP contribution in [0.1, 0.15) is 27.2 Å². The third kappa shape index (κ3) is 5.21. The molecule has 1 fully saturated rings. The molecule has 0 aliphatic carbocycles. The summed E-state index contributed by atoms with van der Waals surface area (Å²) in [4.78, 5) is 14.5. The van der Waals surface area contributed by atoms with Gasteiger partial charge in [-0.05, 0) is 26.3 Å². The molecule has 130 valence electrons. The second-order valence-corrected chi connectivity index (χ2v) is 6.41. The molecule has 0 unspecified atom stereocenters. The highest BCUT2D eigenvalue weighted by Crippen LogP contribution is 2.19. The molecule has 1 aromatic heterocycles. The quantitative estimate of drug-likeness (QED) is 0.787. The second-order valence-electron chi connectivity index (χ2n) is 6.41. The number of ether oxygens (including phenoxy) is 1. The molecule has 2 amide bonds. The zero-order valence-electron chi connectivity index (χ0n) is 14.4. The van der Waals surface area contributed by atoms with Gasteiger partial charge in [-0.3, -0.25) is 9.58 Å². The van der Waals surface area contributed by atoms with Crippen LogP contribution >= 0.6 is 0 Å². The lowest BCUT2D eigenvalue weighted by molar-refractivity contribution is -0.0165. The molecule has 0 aromatic carbocycles. The Morgan fingerprint density at radius 1 is 1.43 bits per heavy atom. The molecule has 23 heavy (non-hydrogen) atoms. The molecule has 1 aliphatic heterocycles. The standard InChI is InChI=1S/C16H29N5O2/c1-4-16(3,20-8-10-23-11-9-20)13-17-15(22)19-14(2)12-21-7-5-6-18-21/h5-7,14H,4,8-13H2,1-3H3,(H2,17,19,22)/t14-,16+/m1/s1. The number of rotatable bonds is 7. The molecule has 2 N–H and O–H groups in total. The van der Waals surface area contributed by atoms with Gasteiger partial charge in [-0.1, -0.05) is 6.92 Å². The highest BCUT2D eigenvalue weighted by Gasteiger charge is 2.31. The number of hydrogen-bond acceptors (Lipinski definition) is 4. The highest BCUT2D eigenvalue weighted by molar-refractivity contribution is 5.74. The summed E-state index contributed by atoms with van der Waals surface area (Å²) in [7, 11) is 0. The number of nitrogens with one attached hydrogen (secondary N) is 2. The van der Waals surface area contributed by atoms with Crippen molar-refractivity contribution < 1.29 is 9.53 Å². The lowest BCUT2D eigenvalue weighted by atomic mass is 9.95. The van der Waals surface area contributed by atoms with Crippen LogP contribution in [0.4, 0.5) is 4.79 Å². The van der Waals surface area contributed by atoms with E-state index in [1.165, 1.54) is 0 Å². The van der Waals surface area contributed by atoms with E-state index in [2.05, 4.69) is 34.5 Å². The van der Waals surface area contributed by atoms with Gasteiger partial charge >= 0.3 is 6.03 Å². The summed E-state index contributed by atoms with van der Waals surface area (Å²) in [6, 6.07) is 1.77. The van der Waals surface area contributed by atoms with Gasteiger partial charge in [-0.2, -0.15) is 5.10 Å². The molecule has 2 rings (SSSR count). The Kier molecular flexibility index (Phi) is 6.41. The van der Waals surface area contributed by atoms with E-state index in [1.54, 1.807) is 6.20 Å². The van der Waals surface area contributed by atoms with Crippen LogP contribution in [0.3, 0.4) is 0 Å². The smallest absolute Gasteiger partial charge is 0.315 e. The van der Waals surface area contributed by atoms with Gasteiger partial charge in [-0.15, -0.1) is 0 Å². The molecule has 0 saturated carbocycles. The normalized spacial score (nSPS) is 19.8. The Morgan fingerprint density at radius 2 is 2.17 bits per heavy atom. The topological polar surface area (TPSA) is 71.4 Å². The lowest BCUT2D eigenvalue weighted by Crippen LogP contribution is -2.58. The summed E-state index contributed by atoms with van der Waals surface area (Å²) in [6.07, 6.45) is 4.61. The third-order valence-corrected chi connectivity index (χ3v) is 4.56. The van der Waals surface area contributed by atoms with Gasteiger partial charge in [-0.25, -0.2) is 4.79 Å². The molecule has 2 heterocycles. The van der Waals surface area contributed by atoms with E-state index in [4.69, 9.17) is 4.74 Å². The minimum absolute atomic E-state index is 0.0196. The summed E-state index contributed by atoms with van der Waals surface area (Å²) >= 11 is 0. The number of morpholine rings is 1. The first-order chi connectivity index (χ1) is 11.0. The van der Waals surface area contributed by atoms with Crippen molar-refractivity contribution in [2.75, 3.05) is 32.8 Å². The van der Waals surface area contributed by atoms with Crippen molar-refractivity contribution >= 4 is 6.03 Å². The average Bonchev–Trinajstić information content (AvgIpc) is 3.06. The van der Waals surface area contributed by atoms with E-state index in [0.29, 0.717) is 13.1 Å². The van der Waals surface area contributed by atoms with Crippen LogP contribution in [0.2, 0.25) is 0 Å². The van der Waals surface area contributed by atoms with Crippen molar-refractivity contribution in [1.82, 2.24) is 25.3 Å². The number of nitrogens with zero attached hydrogens (tertiary/aromatic N) is 3. The molecular formula is C16H29N5O2. The third-order valence-electron chi connectivity index (χ3n) is 4.56. The highest BCUT2D eigenvalue weighted by atomic mass is 16.5. The fraction of sp³-hybridized carbons (Fsp3) is 0.750. The summed E-state index contributed by atoms with van der Waals surface area (Å²) in [6.45, 7) is 11.0. The van der Waals surface area contributed by atoms with Gasteiger partial charge in [0, 0.05) is 43.6 Å². The van der Waals surface area contributed by atoms with E-state index < -0.39 is 0 Å². The van der Waals surface area contributed by atoms with Gasteiger partial charge < -0.3 is 15.4 Å². The van der Waals surface area contributed by atoms with Crippen LogP contribution in [0.15, 0.2) is 18.5 Å². The Hall–Kier alpha value is -1.60. The zero-order valence-corrected chi connectivity index (χ0v) is 14.4. The Bertz CT molecular complexity index is 473. The number of amides is 2. The van der Waals surface area contributed by atoms with Crippen LogP contribution in [0, 0.1) is 0 Å². The molecule has 1 saturated heterocycles. The van der Waals surface area contributed by atoms with Crippen molar-refractivity contribution in [1.29, 1.82) is 0 Å². The van der Waals surface area contributed by atoms with E-state index in [0.717, 1.165) is 32.7 Å². The summed E-state index contributed by atoms with van der Waals surface area (Å²) in [5.74, 6) is 0. The van der Waals surface area contributed by atoms with E-state index >= 15 is 0 Å². The van der Waals surface area contributed by atoms with Crippen LogP contribution < -0.4 is 10.6 Å². The van der Waals surface area contributed by atoms with Crippen molar-refractivity contribution in [3.8, 4) is 0 Å². The maximum Gasteiger partial charge on any atom is 0.315 e. The fourth-order valence-electron chi connectivity index (χ4n) is 2.84. The monoisotopic (exact) mass is 323 g/mol. The fourth-order valence-corrected chi connectivity index (χ4v) is 2.84. The second kappa shape index (κ2) is 8.31. The van der Waals surface area contributed by atoms with Crippen molar-refractivity contribution in [3.05, 3.63) is 18.5 Å². The average molecular weight is 323 g/mol. The van der Waals surface area contributed by atoms with Crippen LogP contribution in [0.25, 0.3) is 0 Å². The number of aromatic nitrogens is 2. The number of carbonyl (C=O) groups excluding carboxylic acids is 1. The molecular weight excluding hydrogens is 294 g/mol. The Labute approximate surface area is 138 Å². The molecule has 0 bridgehead atoms. The summed E-state index contributed by atoms with van der Waals surface area (Å²) in [5.41, 5.74) is -0.0354. The number of urea groups is 1. The molecule has 1 aliphatic rings. The van der Waals surface area contributed by atoms with Crippen molar-refractivity contribution in [3.63, 3.8) is 0 Å². The van der Waals surface area contributed by atoms with Crippen molar-refractivity contribution in [2.24, 2.45) is 0 Å². The first-order valence-electron chi connectivity index (χ1n) is 8.38. The predicted octanol–water partition coefficient (Wildman–Crippen LogP) is 1.07. The van der Waals surface area contributed by atoms with E-state index in [1.807, 2.05) is 23.9 Å². The molecule has 0 spiro atoms. The first-order valence-corrected chi connectivity index (χ1v) is 8.38. The largest absolute Gasteiger partial charge is 0.379 e. The SMILES string of the molecule is CC[C@@](C)(CNC(=O)N[C@H](C)Cn1cccn1)N1CCOCC1. The predicted molar refractivity (Wildman–Crippen MR) is 89.3 cm³/mol. The maximum atomic E-state index is 12.1. The summed E-state index contributed by atoms with van der Waals surface area (Å²) in [5, 5.41) is 10.1. The van der Waals surface area contributed by atoms with Gasteiger partial charge in [0.1, 0.15) is 0 Å². The number of carbonyl (C=O) groups is 1. The van der Waals surface area contributed by atoms with E-state index in [-0.39, 0.29) is 17.6 Å². The van der Waals surface area contributed by atoms with E-state index in [9.17, 15) is 4.79 Å². The van der Waals surface area contributed by atoms with Gasteiger partial charge in [0.25, 0.3) is 0 Å². The molecule has 0 radical (unpaired) electrons. The molecule has 7 nitrogen and oxygen atoms in total. The first kappa shape index (κ1) is 17.7. The molecule has 7 heteroatoms. The van der Waals surface area contributed by atoms with Crippen LogP contribution in [0.5, 0.6) is 0 Å². The van der Waals surface area contributed by atoms with Gasteiger partial charge in [0.2, 0.25) is 0 Å². The minimum Gasteiger partial charge on any atom is -0.379 e. The molecule has 2 atom stereocenters. The Morgan fingerprint density at radius 3 is 2.78 bits per heavy atom. The minimum atomic E-state index is -0.127. The maximum absolute atomic E-state index is 12.1. The van der Waals surface area contributed by atoms with Crippen molar-refractivity contribution in [2.45, 2.75) is 45.3 Å². The molecule has 1 aromatic rings.